The number of amides is 4. The van der Waals surface area contributed by atoms with Gasteiger partial charge in [-0.15, -0.1) is 0 Å². The number of anilines is 3. The third-order valence-corrected chi connectivity index (χ3v) is 16.2. The van der Waals surface area contributed by atoms with E-state index < -0.39 is 39.8 Å². The molecule has 26 heteroatoms. The number of carboxylic acid groups (broad SMARTS) is 2. The summed E-state index contributed by atoms with van der Waals surface area (Å²) in [6.07, 6.45) is 10.1. The summed E-state index contributed by atoms with van der Waals surface area (Å²) in [6, 6.07) is 24.0. The first kappa shape index (κ1) is 64.9. The highest BCUT2D eigenvalue weighted by Crippen LogP contribution is 2.42. The number of nitrogens with one attached hydrogen (secondary N) is 5. The highest BCUT2D eigenvalue weighted by molar-refractivity contribution is 7.89. The Morgan fingerprint density at radius 2 is 1.29 bits per heavy atom. The molecule has 1 aliphatic heterocycles. The minimum Gasteiger partial charge on any atom is -0.508 e. The van der Waals surface area contributed by atoms with Crippen molar-refractivity contribution in [1.29, 1.82) is 0 Å². The number of sulfonamides is 1. The second kappa shape index (κ2) is 30.5. The molecule has 2 aromatic heterocycles. The summed E-state index contributed by atoms with van der Waals surface area (Å²) >= 11 is 0. The van der Waals surface area contributed by atoms with Crippen molar-refractivity contribution in [3.8, 4) is 28.2 Å². The predicted octanol–water partition coefficient (Wildman–Crippen LogP) is 7.01. The van der Waals surface area contributed by atoms with Crippen molar-refractivity contribution in [2.24, 2.45) is 0 Å². The predicted molar refractivity (Wildman–Crippen MR) is 334 cm³/mol. The van der Waals surface area contributed by atoms with E-state index in [2.05, 4.69) is 45.9 Å². The summed E-state index contributed by atoms with van der Waals surface area (Å²) in [4.78, 5) is 107. The Hall–Kier alpha value is -10.1. The molecule has 0 saturated carbocycles. The molecule has 4 aromatic carbocycles. The monoisotopic (exact) mass is 1230 g/mol. The number of rotatable bonds is 32. The molecule has 0 saturated heterocycles. The number of phenols is 1. The van der Waals surface area contributed by atoms with Crippen molar-refractivity contribution < 1.29 is 56.9 Å². The van der Waals surface area contributed by atoms with Gasteiger partial charge in [0.2, 0.25) is 21.9 Å². The van der Waals surface area contributed by atoms with Crippen LogP contribution in [-0.2, 0) is 26.2 Å². The molecular weight excluding hydrogens is 1160 g/mol. The Labute approximate surface area is 512 Å². The molecule has 466 valence electrons. The van der Waals surface area contributed by atoms with Gasteiger partial charge in [-0.1, -0.05) is 57.1 Å². The number of fused-ring (bicyclic) bond motifs is 3. The lowest BCUT2D eigenvalue weighted by molar-refractivity contribution is -0.139. The molecule has 89 heavy (non-hydrogen) atoms. The minimum absolute atomic E-state index is 0.00151. The van der Waals surface area contributed by atoms with E-state index in [-0.39, 0.29) is 110 Å². The van der Waals surface area contributed by atoms with Crippen molar-refractivity contribution in [2.45, 2.75) is 101 Å². The van der Waals surface area contributed by atoms with Crippen LogP contribution in [0.15, 0.2) is 123 Å². The van der Waals surface area contributed by atoms with Gasteiger partial charge in [-0.2, -0.15) is 9.97 Å². The van der Waals surface area contributed by atoms with E-state index in [9.17, 15) is 57.3 Å². The van der Waals surface area contributed by atoms with Crippen molar-refractivity contribution >= 4 is 85.2 Å². The number of nitrogens with zero attached hydrogens (tertiary/aromatic N) is 5. The van der Waals surface area contributed by atoms with Gasteiger partial charge >= 0.3 is 11.9 Å². The van der Waals surface area contributed by atoms with Gasteiger partial charge in [0.05, 0.1) is 28.9 Å². The Balaban J connectivity index is 0.647. The van der Waals surface area contributed by atoms with Gasteiger partial charge in [0.15, 0.2) is 22.4 Å². The van der Waals surface area contributed by atoms with Crippen molar-refractivity contribution in [3.05, 3.63) is 147 Å². The fourth-order valence-corrected chi connectivity index (χ4v) is 11.1. The van der Waals surface area contributed by atoms with Crippen LogP contribution in [0.3, 0.4) is 0 Å². The number of hydrogen-bond acceptors (Lipinski definition) is 18. The molecule has 2 aliphatic rings. The molecule has 3 heterocycles. The molecule has 0 unspecified atom stereocenters. The van der Waals surface area contributed by atoms with Crippen LogP contribution in [0, 0.1) is 0 Å². The number of phenolic OH excluding ortho intramolecular Hbond substituents is 1. The normalized spacial score (nSPS) is 11.7. The molecule has 6 aromatic rings. The zero-order valence-electron chi connectivity index (χ0n) is 48.9. The van der Waals surface area contributed by atoms with E-state index in [0.29, 0.717) is 66.6 Å². The number of carbonyl (C=O) groups excluding carboxylic acids is 4. The maximum Gasteiger partial charge on any atom is 0.336 e. The number of hydrogen-bond donors (Lipinski definition) is 10. The lowest BCUT2D eigenvalue weighted by atomic mass is 9.90. The summed E-state index contributed by atoms with van der Waals surface area (Å²) in [5.74, 6) is -4.09. The number of aromatic carboxylic acids is 1. The first-order valence-electron chi connectivity index (χ1n) is 29.1. The molecule has 0 fully saturated rings. The highest BCUT2D eigenvalue weighted by atomic mass is 32.2. The standard InChI is InChI=1S/C63H70N12O13S/c1-75(37-41-36-69-57-55(71-41)56(64)73-63(65)74-57)42-19-16-38(17-20-42)60(81)72-50(62(84)85)26-27-53(78)66-28-9-6-4-2-3-5-7-10-29-67-58(79)39-14-13-15-45(32-39)89(86,87)70-31-12-8-11-30-68-59(80)40-18-23-46(49(33-40)61(82)83)54-47-24-21-43(76)34-51(47)88-52-35-44(77)22-25-48(52)54/h13-25,32-36,50,70,76H,2-12,26-31,37H2,1H3,(H,66,78)(H,67,79)(H,68,80)(H,72,81)(H,82,83)(H,84,85)(H4,64,65,69,73,74)/t50-/m0/s1. The lowest BCUT2D eigenvalue weighted by Gasteiger charge is -2.19. The van der Waals surface area contributed by atoms with Gasteiger partial charge in [-0.25, -0.2) is 32.7 Å². The zero-order chi connectivity index (χ0) is 63.6. The number of aromatic nitrogens is 4. The molecule has 1 atom stereocenters. The first-order valence-corrected chi connectivity index (χ1v) is 30.6. The molecule has 0 bridgehead atoms. The molecular formula is C63H70N12O13S. The molecule has 0 radical (unpaired) electrons. The van der Waals surface area contributed by atoms with E-state index in [1.54, 1.807) is 42.6 Å². The van der Waals surface area contributed by atoms with Crippen molar-refractivity contribution in [2.75, 3.05) is 49.6 Å². The Kier molecular flexibility index (Phi) is 22.3. The van der Waals surface area contributed by atoms with E-state index in [4.69, 9.17) is 15.9 Å². The van der Waals surface area contributed by atoms with E-state index in [1.807, 2.05) is 11.9 Å². The minimum atomic E-state index is -3.94. The fourth-order valence-electron chi connectivity index (χ4n) is 10.0. The smallest absolute Gasteiger partial charge is 0.336 e. The number of nitrogens with two attached hydrogens (primary N) is 2. The molecule has 4 amide bonds. The molecule has 12 N–H and O–H groups in total. The summed E-state index contributed by atoms with van der Waals surface area (Å²) in [5.41, 5.74) is 15.1. The second-order valence-electron chi connectivity index (χ2n) is 21.4. The van der Waals surface area contributed by atoms with Crippen LogP contribution in [0.2, 0.25) is 0 Å². The summed E-state index contributed by atoms with van der Waals surface area (Å²) in [7, 11) is -2.11. The van der Waals surface area contributed by atoms with E-state index in [0.717, 1.165) is 57.1 Å². The summed E-state index contributed by atoms with van der Waals surface area (Å²) in [6.45, 7) is 1.57. The van der Waals surface area contributed by atoms with Gasteiger partial charge in [-0.3, -0.25) is 24.0 Å². The van der Waals surface area contributed by atoms with Crippen LogP contribution in [0.25, 0.3) is 44.6 Å². The van der Waals surface area contributed by atoms with Crippen molar-refractivity contribution in [3.63, 3.8) is 0 Å². The number of aliphatic carboxylic acids is 1. The van der Waals surface area contributed by atoms with Crippen LogP contribution in [0.5, 0.6) is 5.75 Å². The topological polar surface area (TPSA) is 394 Å². The Morgan fingerprint density at radius 1 is 0.663 bits per heavy atom. The number of benzene rings is 5. The van der Waals surface area contributed by atoms with Gasteiger partial charge in [0, 0.05) is 90.7 Å². The van der Waals surface area contributed by atoms with Gasteiger partial charge < -0.3 is 57.4 Å². The zero-order valence-corrected chi connectivity index (χ0v) is 49.7. The number of unbranched alkanes of at least 4 members (excludes halogenated alkanes) is 9. The molecule has 8 rings (SSSR count). The highest BCUT2D eigenvalue weighted by Gasteiger charge is 2.25. The van der Waals surface area contributed by atoms with Crippen LogP contribution in [0.4, 0.5) is 17.5 Å². The van der Waals surface area contributed by atoms with Crippen LogP contribution in [0.1, 0.15) is 131 Å². The third kappa shape index (κ3) is 17.8. The average molecular weight is 1240 g/mol. The number of aromatic hydroxyl groups is 1. The SMILES string of the molecule is CN(Cc1cnc2nc(N)nc(N)c2n1)c1ccc(C(=O)N[C@@H](CCC(=O)NCCCCCCCCCCNC(=O)c2cccc(S(=O)(=O)NCCCCCNC(=O)c3ccc(-c4c5ccc(=O)cc-5oc5cc(O)ccc45)c(C(=O)O)c3)c2)C(=O)O)cc1. The van der Waals surface area contributed by atoms with Crippen LogP contribution >= 0.6 is 0 Å². The number of carbonyl (C=O) groups is 6. The van der Waals surface area contributed by atoms with E-state index in [1.165, 1.54) is 66.7 Å². The van der Waals surface area contributed by atoms with Crippen LogP contribution in [-0.4, -0.2) is 119 Å². The third-order valence-electron chi connectivity index (χ3n) is 14.7. The number of carboxylic acids is 2. The molecule has 25 nitrogen and oxygen atoms in total. The Morgan fingerprint density at radius 3 is 1.98 bits per heavy atom. The Bertz CT molecular complexity index is 4030. The average Bonchev–Trinajstić information content (AvgIpc) is 0.790. The van der Waals surface area contributed by atoms with Crippen molar-refractivity contribution in [1.82, 2.24) is 45.9 Å². The fraction of sp³-hybridized carbons (Fsp3) is 0.317. The summed E-state index contributed by atoms with van der Waals surface area (Å²) in [5, 5.41) is 41.6. The maximum atomic E-state index is 13.2. The van der Waals surface area contributed by atoms with Gasteiger partial charge in [-0.05, 0) is 117 Å². The quantitative estimate of drug-likeness (QED) is 0.0150. The van der Waals surface area contributed by atoms with Gasteiger partial charge in [0.25, 0.3) is 17.7 Å². The largest absolute Gasteiger partial charge is 0.508 e. The summed E-state index contributed by atoms with van der Waals surface area (Å²) < 4.78 is 34.8. The molecule has 0 spiro atoms. The molecule has 1 aliphatic carbocycles. The maximum absolute atomic E-state index is 13.2. The van der Waals surface area contributed by atoms with Crippen LogP contribution < -0.4 is 47.8 Å². The second-order valence-corrected chi connectivity index (χ2v) is 23.1. The first-order chi connectivity index (χ1) is 42.7. The number of nitrogen functional groups attached to an aromatic ring is 2. The van der Waals surface area contributed by atoms with Gasteiger partial charge in [0.1, 0.15) is 23.1 Å². The van der Waals surface area contributed by atoms with E-state index >= 15 is 0 Å². The lowest BCUT2D eigenvalue weighted by Crippen LogP contribution is -2.41.